The molecule has 9 heteroatoms. The molecule has 3 aromatic rings. The maximum atomic E-state index is 13.7. The number of urea groups is 1. The van der Waals surface area contributed by atoms with Crippen molar-refractivity contribution >= 4 is 46.3 Å². The summed E-state index contributed by atoms with van der Waals surface area (Å²) < 4.78 is 5.56. The highest BCUT2D eigenvalue weighted by Gasteiger charge is 2.26. The van der Waals surface area contributed by atoms with Crippen LogP contribution in [-0.4, -0.2) is 63.2 Å². The number of piperidine rings is 1. The summed E-state index contributed by atoms with van der Waals surface area (Å²) in [4.78, 5) is 32.9. The van der Waals surface area contributed by atoms with E-state index in [1.807, 2.05) is 35.2 Å². The number of likely N-dealkylation sites (tertiary alicyclic amines) is 1. The second-order valence-corrected chi connectivity index (χ2v) is 10.3. The van der Waals surface area contributed by atoms with E-state index in [0.29, 0.717) is 22.0 Å². The largest absolute Gasteiger partial charge is 0.495 e. The Morgan fingerprint density at radius 2 is 1.36 bits per heavy atom. The first-order chi connectivity index (χ1) is 19.0. The predicted octanol–water partition coefficient (Wildman–Crippen LogP) is 5.95. The molecule has 0 radical (unpaired) electrons. The van der Waals surface area contributed by atoms with Crippen LogP contribution >= 0.6 is 11.6 Å². The van der Waals surface area contributed by atoms with Crippen molar-refractivity contribution in [3.8, 4) is 5.75 Å². The molecule has 0 aliphatic carbocycles. The normalized spacial score (nSPS) is 15.6. The van der Waals surface area contributed by atoms with Crippen LogP contribution in [0.15, 0.2) is 66.7 Å². The second kappa shape index (κ2) is 12.3. The lowest BCUT2D eigenvalue weighted by atomic mass is 10.1. The standard InChI is InChI=1S/C30H34ClN5O3/c1-39-28-8-4-3-7-27(28)35-19-17-34(18-20-35)26-14-13-24(21-25(26)29(37)36-15-5-2-6-16-36)33-30(38)32-23-11-9-22(31)10-12-23/h3-4,7-14,21H,2,5-6,15-20H2,1H3,(H2,32,33,38). The number of nitrogens with zero attached hydrogens (tertiary/aromatic N) is 3. The highest BCUT2D eigenvalue weighted by molar-refractivity contribution is 6.30. The van der Waals surface area contributed by atoms with Gasteiger partial charge in [-0.3, -0.25) is 4.79 Å². The molecule has 2 aliphatic rings. The minimum absolute atomic E-state index is 0.0126. The third kappa shape index (κ3) is 6.40. The molecule has 3 aromatic carbocycles. The molecule has 0 spiro atoms. The Bertz CT molecular complexity index is 1300. The Kier molecular flexibility index (Phi) is 8.42. The number of amides is 3. The van der Waals surface area contributed by atoms with Gasteiger partial charge in [-0.1, -0.05) is 23.7 Å². The summed E-state index contributed by atoms with van der Waals surface area (Å²) in [5.41, 5.74) is 3.79. The first kappa shape index (κ1) is 26.7. The number of ether oxygens (including phenoxy) is 1. The van der Waals surface area contributed by atoms with Gasteiger partial charge in [-0.05, 0) is 73.9 Å². The Hall–Kier alpha value is -3.91. The highest BCUT2D eigenvalue weighted by atomic mass is 35.5. The van der Waals surface area contributed by atoms with Crippen LogP contribution in [0, 0.1) is 0 Å². The summed E-state index contributed by atoms with van der Waals surface area (Å²) in [5, 5.41) is 6.29. The van der Waals surface area contributed by atoms with Gasteiger partial charge in [-0.2, -0.15) is 0 Å². The first-order valence-electron chi connectivity index (χ1n) is 13.4. The summed E-state index contributed by atoms with van der Waals surface area (Å²) >= 11 is 5.94. The maximum absolute atomic E-state index is 13.7. The number of halogens is 1. The van der Waals surface area contributed by atoms with Gasteiger partial charge in [-0.25, -0.2) is 4.79 Å². The van der Waals surface area contributed by atoms with Crippen LogP contribution in [0.4, 0.5) is 27.5 Å². The monoisotopic (exact) mass is 547 g/mol. The molecule has 2 fully saturated rings. The van der Waals surface area contributed by atoms with Gasteiger partial charge in [0.05, 0.1) is 18.4 Å². The number of anilines is 4. The van der Waals surface area contributed by atoms with Crippen LogP contribution in [0.5, 0.6) is 5.75 Å². The summed E-state index contributed by atoms with van der Waals surface area (Å²) in [7, 11) is 1.69. The van der Waals surface area contributed by atoms with E-state index in [9.17, 15) is 9.59 Å². The summed E-state index contributed by atoms with van der Waals surface area (Å²) in [6.07, 6.45) is 3.17. The van der Waals surface area contributed by atoms with Gasteiger partial charge in [0.15, 0.2) is 0 Å². The zero-order valence-electron chi connectivity index (χ0n) is 22.2. The number of carbonyl (C=O) groups excluding carboxylic acids is 2. The number of para-hydroxylation sites is 2. The van der Waals surface area contributed by atoms with E-state index in [1.54, 1.807) is 37.4 Å². The molecule has 0 aromatic heterocycles. The van der Waals surface area contributed by atoms with Gasteiger partial charge >= 0.3 is 6.03 Å². The minimum atomic E-state index is -0.383. The van der Waals surface area contributed by atoms with E-state index in [4.69, 9.17) is 16.3 Å². The number of hydrogen-bond acceptors (Lipinski definition) is 5. The number of methoxy groups -OCH3 is 1. The van der Waals surface area contributed by atoms with Crippen LogP contribution in [-0.2, 0) is 0 Å². The van der Waals surface area contributed by atoms with Gasteiger partial charge < -0.3 is 30.1 Å². The number of rotatable bonds is 6. The minimum Gasteiger partial charge on any atom is -0.495 e. The average molecular weight is 548 g/mol. The van der Waals surface area contributed by atoms with E-state index in [-0.39, 0.29) is 11.9 Å². The number of hydrogen-bond donors (Lipinski definition) is 2. The maximum Gasteiger partial charge on any atom is 0.323 e. The van der Waals surface area contributed by atoms with E-state index in [2.05, 4.69) is 26.5 Å². The van der Waals surface area contributed by atoms with Crippen molar-refractivity contribution < 1.29 is 14.3 Å². The van der Waals surface area contributed by atoms with Crippen molar-refractivity contribution in [2.75, 3.05) is 66.8 Å². The summed E-state index contributed by atoms with van der Waals surface area (Å²) in [6, 6.07) is 20.2. The topological polar surface area (TPSA) is 77.1 Å². The van der Waals surface area contributed by atoms with E-state index in [0.717, 1.165) is 75.7 Å². The van der Waals surface area contributed by atoms with E-state index >= 15 is 0 Å². The molecule has 2 aliphatic heterocycles. The van der Waals surface area contributed by atoms with Crippen molar-refractivity contribution in [3.63, 3.8) is 0 Å². The Morgan fingerprint density at radius 1 is 0.744 bits per heavy atom. The Labute approximate surface area is 234 Å². The molecule has 3 amide bonds. The fraction of sp³-hybridized carbons (Fsp3) is 0.333. The van der Waals surface area contributed by atoms with Crippen molar-refractivity contribution in [1.29, 1.82) is 0 Å². The van der Waals surface area contributed by atoms with Gasteiger partial charge in [-0.15, -0.1) is 0 Å². The third-order valence-electron chi connectivity index (χ3n) is 7.28. The predicted molar refractivity (Wildman–Crippen MR) is 158 cm³/mol. The molecule has 2 heterocycles. The smallest absolute Gasteiger partial charge is 0.323 e. The van der Waals surface area contributed by atoms with E-state index < -0.39 is 0 Å². The molecule has 204 valence electrons. The third-order valence-corrected chi connectivity index (χ3v) is 7.53. The van der Waals surface area contributed by atoms with Crippen LogP contribution < -0.4 is 25.2 Å². The molecule has 2 saturated heterocycles. The molecular formula is C30H34ClN5O3. The van der Waals surface area contributed by atoms with Crippen LogP contribution in [0.1, 0.15) is 29.6 Å². The zero-order chi connectivity index (χ0) is 27.2. The molecule has 0 atom stereocenters. The summed E-state index contributed by atoms with van der Waals surface area (Å²) in [5.74, 6) is 0.873. The Balaban J connectivity index is 1.34. The molecule has 39 heavy (non-hydrogen) atoms. The van der Waals surface area contributed by atoms with Crippen LogP contribution in [0.25, 0.3) is 0 Å². The SMILES string of the molecule is COc1ccccc1N1CCN(c2ccc(NC(=O)Nc3ccc(Cl)cc3)cc2C(=O)N2CCCCC2)CC1. The van der Waals surface area contributed by atoms with Crippen molar-refractivity contribution in [2.24, 2.45) is 0 Å². The van der Waals surface area contributed by atoms with Crippen LogP contribution in [0.3, 0.4) is 0 Å². The average Bonchev–Trinajstić information content (AvgIpc) is 2.98. The fourth-order valence-corrected chi connectivity index (χ4v) is 5.36. The Morgan fingerprint density at radius 3 is 2.05 bits per heavy atom. The highest BCUT2D eigenvalue weighted by Crippen LogP contribution is 2.32. The fourth-order valence-electron chi connectivity index (χ4n) is 5.23. The van der Waals surface area contributed by atoms with E-state index in [1.165, 1.54) is 0 Å². The molecule has 8 nitrogen and oxygen atoms in total. The molecule has 0 unspecified atom stereocenters. The first-order valence-corrected chi connectivity index (χ1v) is 13.8. The lowest BCUT2D eigenvalue weighted by Crippen LogP contribution is -2.47. The van der Waals surface area contributed by atoms with Gasteiger partial charge in [0, 0.05) is 61.4 Å². The molecule has 2 N–H and O–H groups in total. The van der Waals surface area contributed by atoms with Gasteiger partial charge in [0.2, 0.25) is 0 Å². The molecule has 0 bridgehead atoms. The molecular weight excluding hydrogens is 514 g/mol. The number of piperazine rings is 1. The number of carbonyl (C=O) groups is 2. The quantitative estimate of drug-likeness (QED) is 0.399. The lowest BCUT2D eigenvalue weighted by molar-refractivity contribution is 0.0725. The summed E-state index contributed by atoms with van der Waals surface area (Å²) in [6.45, 7) is 4.66. The van der Waals surface area contributed by atoms with Crippen molar-refractivity contribution in [3.05, 3.63) is 77.3 Å². The van der Waals surface area contributed by atoms with Gasteiger partial charge in [0.25, 0.3) is 5.91 Å². The molecule has 5 rings (SSSR count). The zero-order valence-corrected chi connectivity index (χ0v) is 22.9. The number of benzene rings is 3. The van der Waals surface area contributed by atoms with Crippen molar-refractivity contribution in [1.82, 2.24) is 4.90 Å². The van der Waals surface area contributed by atoms with Gasteiger partial charge in [0.1, 0.15) is 5.75 Å². The van der Waals surface area contributed by atoms with Crippen LogP contribution in [0.2, 0.25) is 5.02 Å². The van der Waals surface area contributed by atoms with Crippen molar-refractivity contribution in [2.45, 2.75) is 19.3 Å². The second-order valence-electron chi connectivity index (χ2n) is 9.82. The lowest BCUT2D eigenvalue weighted by Gasteiger charge is -2.39. The molecule has 0 saturated carbocycles. The number of nitrogens with one attached hydrogen (secondary N) is 2.